The van der Waals surface area contributed by atoms with Gasteiger partial charge in [0.15, 0.2) is 0 Å². The number of rotatable bonds is 5. The maximum atomic E-state index is 12.8. The zero-order valence-corrected chi connectivity index (χ0v) is 12.4. The van der Waals surface area contributed by atoms with Gasteiger partial charge >= 0.3 is 0 Å². The zero-order valence-electron chi connectivity index (χ0n) is 11.6. The summed E-state index contributed by atoms with van der Waals surface area (Å²) in [6.45, 7) is 4.04. The molecular formula is C13H20FN3O2S. The van der Waals surface area contributed by atoms with Crippen LogP contribution in [0.15, 0.2) is 24.3 Å². The number of hydrazine groups is 1. The van der Waals surface area contributed by atoms with Crippen LogP contribution >= 0.6 is 0 Å². The number of benzene rings is 1. The third-order valence-corrected chi connectivity index (χ3v) is 4.93. The van der Waals surface area contributed by atoms with Crippen LogP contribution in [0.3, 0.4) is 0 Å². The molecule has 7 heteroatoms. The lowest BCUT2D eigenvalue weighted by molar-refractivity contribution is 0.417. The molecule has 3 N–H and O–H groups in total. The van der Waals surface area contributed by atoms with Crippen LogP contribution in [0.1, 0.15) is 25.8 Å². The maximum Gasteiger partial charge on any atom is 0.217 e. The van der Waals surface area contributed by atoms with Gasteiger partial charge in [-0.05, 0) is 24.1 Å². The Balaban J connectivity index is 1.99. The fraction of sp³-hybridized carbons (Fsp3) is 0.538. The topological polar surface area (TPSA) is 70.2 Å². The van der Waals surface area contributed by atoms with E-state index in [-0.39, 0.29) is 29.7 Å². The summed E-state index contributed by atoms with van der Waals surface area (Å²) in [4.78, 5) is 0. The third kappa shape index (κ3) is 3.76. The number of nitrogens with one attached hydrogen (secondary N) is 3. The number of sulfonamides is 1. The first kappa shape index (κ1) is 15.4. The van der Waals surface area contributed by atoms with Crippen molar-refractivity contribution < 1.29 is 12.8 Å². The Morgan fingerprint density at radius 2 is 1.90 bits per heavy atom. The molecule has 1 aliphatic heterocycles. The van der Waals surface area contributed by atoms with Gasteiger partial charge in [-0.3, -0.25) is 5.43 Å². The molecule has 5 nitrogen and oxygen atoms in total. The van der Waals surface area contributed by atoms with Gasteiger partial charge in [-0.1, -0.05) is 26.0 Å². The highest BCUT2D eigenvalue weighted by molar-refractivity contribution is 7.88. The average Bonchev–Trinajstić information content (AvgIpc) is 2.72. The molecule has 1 aromatic carbocycles. The summed E-state index contributed by atoms with van der Waals surface area (Å²) in [5, 5.41) is 0. The van der Waals surface area contributed by atoms with E-state index >= 15 is 0 Å². The highest BCUT2D eigenvalue weighted by atomic mass is 32.2. The molecule has 2 rings (SSSR count). The molecule has 3 atom stereocenters. The third-order valence-electron chi connectivity index (χ3n) is 3.60. The van der Waals surface area contributed by atoms with E-state index in [4.69, 9.17) is 0 Å². The average molecular weight is 301 g/mol. The Morgan fingerprint density at radius 1 is 1.25 bits per heavy atom. The van der Waals surface area contributed by atoms with E-state index in [0.29, 0.717) is 5.56 Å². The maximum absolute atomic E-state index is 12.8. The van der Waals surface area contributed by atoms with E-state index in [1.165, 1.54) is 24.3 Å². The molecule has 20 heavy (non-hydrogen) atoms. The van der Waals surface area contributed by atoms with Crippen LogP contribution in [-0.4, -0.2) is 20.6 Å². The SMILES string of the molecule is CCC1NNC(NS(=O)(=O)Cc2ccc(F)cc2)C1C. The summed E-state index contributed by atoms with van der Waals surface area (Å²) >= 11 is 0. The largest absolute Gasteiger partial charge is 0.253 e. The van der Waals surface area contributed by atoms with Crippen molar-refractivity contribution in [3.05, 3.63) is 35.6 Å². The normalized spacial score (nSPS) is 26.9. The fourth-order valence-electron chi connectivity index (χ4n) is 2.34. The molecule has 0 amide bonds. The monoisotopic (exact) mass is 301 g/mol. The molecular weight excluding hydrogens is 281 g/mol. The van der Waals surface area contributed by atoms with Crippen LogP contribution < -0.4 is 15.6 Å². The number of hydrogen-bond donors (Lipinski definition) is 3. The second kappa shape index (κ2) is 6.17. The number of halogens is 1. The summed E-state index contributed by atoms with van der Waals surface area (Å²) in [6, 6.07) is 5.72. The second-order valence-electron chi connectivity index (χ2n) is 5.14. The fourth-order valence-corrected chi connectivity index (χ4v) is 3.71. The Bertz CT molecular complexity index is 547. The first-order valence-corrected chi connectivity index (χ1v) is 8.32. The van der Waals surface area contributed by atoms with Crippen molar-refractivity contribution in [2.45, 2.75) is 38.2 Å². The van der Waals surface area contributed by atoms with Crippen molar-refractivity contribution in [2.24, 2.45) is 5.92 Å². The minimum Gasteiger partial charge on any atom is -0.253 e. The van der Waals surface area contributed by atoms with Crippen molar-refractivity contribution in [1.29, 1.82) is 0 Å². The Hall–Kier alpha value is -1.02. The van der Waals surface area contributed by atoms with Gasteiger partial charge in [0, 0.05) is 12.0 Å². The molecule has 0 bridgehead atoms. The smallest absolute Gasteiger partial charge is 0.217 e. The van der Waals surface area contributed by atoms with E-state index in [1.807, 2.05) is 13.8 Å². The summed E-state index contributed by atoms with van der Waals surface area (Å²) in [5.74, 6) is -0.377. The van der Waals surface area contributed by atoms with Gasteiger partial charge in [-0.15, -0.1) is 0 Å². The van der Waals surface area contributed by atoms with E-state index in [1.54, 1.807) is 0 Å². The summed E-state index contributed by atoms with van der Waals surface area (Å²) in [7, 11) is -3.47. The molecule has 0 aliphatic carbocycles. The molecule has 0 radical (unpaired) electrons. The Morgan fingerprint density at radius 3 is 2.45 bits per heavy atom. The molecule has 112 valence electrons. The van der Waals surface area contributed by atoms with Crippen molar-refractivity contribution >= 4 is 10.0 Å². The minimum atomic E-state index is -3.47. The molecule has 1 saturated heterocycles. The van der Waals surface area contributed by atoms with Crippen molar-refractivity contribution in [3.8, 4) is 0 Å². The van der Waals surface area contributed by atoms with E-state index in [9.17, 15) is 12.8 Å². The van der Waals surface area contributed by atoms with Crippen molar-refractivity contribution in [3.63, 3.8) is 0 Å². The highest BCUT2D eigenvalue weighted by Crippen LogP contribution is 2.16. The van der Waals surface area contributed by atoms with Crippen LogP contribution in [0.5, 0.6) is 0 Å². The quantitative estimate of drug-likeness (QED) is 0.761. The molecule has 1 aromatic rings. The van der Waals surface area contributed by atoms with Gasteiger partial charge in [-0.2, -0.15) is 4.72 Å². The molecule has 3 unspecified atom stereocenters. The Kier molecular flexibility index (Phi) is 4.74. The Labute approximate surface area is 119 Å². The van der Waals surface area contributed by atoms with Crippen LogP contribution in [0.25, 0.3) is 0 Å². The van der Waals surface area contributed by atoms with Crippen LogP contribution in [-0.2, 0) is 15.8 Å². The van der Waals surface area contributed by atoms with E-state index in [2.05, 4.69) is 15.6 Å². The zero-order chi connectivity index (χ0) is 14.8. The van der Waals surface area contributed by atoms with Gasteiger partial charge in [0.1, 0.15) is 5.82 Å². The summed E-state index contributed by atoms with van der Waals surface area (Å²) in [6.07, 6.45) is 0.593. The second-order valence-corrected chi connectivity index (χ2v) is 6.90. The minimum absolute atomic E-state index is 0.156. The van der Waals surface area contributed by atoms with Gasteiger partial charge in [0.05, 0.1) is 11.9 Å². The van der Waals surface area contributed by atoms with E-state index in [0.717, 1.165) is 6.42 Å². The van der Waals surface area contributed by atoms with Crippen molar-refractivity contribution in [2.75, 3.05) is 0 Å². The summed E-state index contributed by atoms with van der Waals surface area (Å²) in [5.41, 5.74) is 6.59. The van der Waals surface area contributed by atoms with Gasteiger partial charge in [0.25, 0.3) is 0 Å². The van der Waals surface area contributed by atoms with Crippen LogP contribution in [0.4, 0.5) is 4.39 Å². The first-order chi connectivity index (χ1) is 9.41. The van der Waals surface area contributed by atoms with Gasteiger partial charge in [-0.25, -0.2) is 18.2 Å². The molecule has 0 saturated carbocycles. The number of hydrogen-bond acceptors (Lipinski definition) is 4. The lowest BCUT2D eigenvalue weighted by Crippen LogP contribution is -2.46. The molecule has 0 spiro atoms. The highest BCUT2D eigenvalue weighted by Gasteiger charge is 2.33. The van der Waals surface area contributed by atoms with Crippen LogP contribution in [0.2, 0.25) is 0 Å². The predicted molar refractivity (Wildman–Crippen MR) is 75.5 cm³/mol. The van der Waals surface area contributed by atoms with Gasteiger partial charge < -0.3 is 0 Å². The predicted octanol–water partition coefficient (Wildman–Crippen LogP) is 1.09. The summed E-state index contributed by atoms with van der Waals surface area (Å²) < 4.78 is 39.7. The van der Waals surface area contributed by atoms with Crippen LogP contribution in [0, 0.1) is 11.7 Å². The van der Waals surface area contributed by atoms with Crippen molar-refractivity contribution in [1.82, 2.24) is 15.6 Å². The molecule has 1 fully saturated rings. The van der Waals surface area contributed by atoms with Gasteiger partial charge in [0.2, 0.25) is 10.0 Å². The lowest BCUT2D eigenvalue weighted by Gasteiger charge is -2.18. The molecule has 1 heterocycles. The molecule has 0 aromatic heterocycles. The lowest BCUT2D eigenvalue weighted by atomic mass is 10.0. The standard InChI is InChI=1S/C13H20FN3O2S/c1-3-12-9(2)13(16-15-12)17-20(18,19)8-10-4-6-11(14)7-5-10/h4-7,9,12-13,15-17H,3,8H2,1-2H3. The van der Waals surface area contributed by atoms with E-state index < -0.39 is 10.0 Å². The molecule has 1 aliphatic rings. The first-order valence-electron chi connectivity index (χ1n) is 6.67.